The predicted molar refractivity (Wildman–Crippen MR) is 76.3 cm³/mol. The Morgan fingerprint density at radius 3 is 1.55 bits per heavy atom. The summed E-state index contributed by atoms with van der Waals surface area (Å²) in [4.78, 5) is 36.4. The van der Waals surface area contributed by atoms with Crippen LogP contribution in [-0.2, 0) is 28.6 Å². The lowest BCUT2D eigenvalue weighted by atomic mass is 9.68. The molecule has 124 valence electrons. The molecule has 0 spiro atoms. The summed E-state index contributed by atoms with van der Waals surface area (Å²) in [5, 5.41) is 9.58. The molecule has 7 heteroatoms. The van der Waals surface area contributed by atoms with E-state index in [2.05, 4.69) is 0 Å². The van der Waals surface area contributed by atoms with Crippen LogP contribution in [0, 0.1) is 28.6 Å². The standard InChI is InChI=1S/C15H23NO6/c1-6-20-12(17)10(4)15(9-16,14(19)22-8-3)11(5)13(18)21-7-2/h10-11H,6-8H2,1-5H3/t10-,11-/m1/s1. The summed E-state index contributed by atoms with van der Waals surface area (Å²) >= 11 is 0. The molecule has 0 aromatic carbocycles. The molecule has 0 aliphatic rings. The van der Waals surface area contributed by atoms with Gasteiger partial charge in [-0.1, -0.05) is 0 Å². The van der Waals surface area contributed by atoms with Crippen molar-refractivity contribution in [3.8, 4) is 6.07 Å². The number of rotatable bonds is 8. The highest BCUT2D eigenvalue weighted by atomic mass is 16.5. The fraction of sp³-hybridized carbons (Fsp3) is 0.733. The van der Waals surface area contributed by atoms with Crippen molar-refractivity contribution in [1.82, 2.24) is 0 Å². The summed E-state index contributed by atoms with van der Waals surface area (Å²) in [6.07, 6.45) is 0. The lowest BCUT2D eigenvalue weighted by Gasteiger charge is -2.32. The second-order valence-electron chi connectivity index (χ2n) is 4.65. The highest BCUT2D eigenvalue weighted by Crippen LogP contribution is 2.38. The van der Waals surface area contributed by atoms with Crippen LogP contribution >= 0.6 is 0 Å². The van der Waals surface area contributed by atoms with Crippen molar-refractivity contribution in [2.75, 3.05) is 19.8 Å². The van der Waals surface area contributed by atoms with E-state index in [1.54, 1.807) is 26.8 Å². The van der Waals surface area contributed by atoms with Gasteiger partial charge in [0.1, 0.15) is 0 Å². The van der Waals surface area contributed by atoms with Gasteiger partial charge in [0, 0.05) is 0 Å². The van der Waals surface area contributed by atoms with E-state index in [4.69, 9.17) is 14.2 Å². The molecule has 0 aromatic heterocycles. The van der Waals surface area contributed by atoms with Crippen LogP contribution in [0.15, 0.2) is 0 Å². The third kappa shape index (κ3) is 3.97. The fourth-order valence-corrected chi connectivity index (χ4v) is 2.12. The molecule has 0 aromatic rings. The molecule has 0 heterocycles. The lowest BCUT2D eigenvalue weighted by molar-refractivity contribution is -0.173. The van der Waals surface area contributed by atoms with Crippen molar-refractivity contribution >= 4 is 17.9 Å². The Morgan fingerprint density at radius 1 is 0.909 bits per heavy atom. The molecule has 0 aliphatic carbocycles. The molecular weight excluding hydrogens is 290 g/mol. The first-order chi connectivity index (χ1) is 10.3. The first-order valence-corrected chi connectivity index (χ1v) is 7.25. The molecular formula is C15H23NO6. The highest BCUT2D eigenvalue weighted by Gasteiger charge is 2.56. The van der Waals surface area contributed by atoms with Crippen molar-refractivity contribution in [2.45, 2.75) is 34.6 Å². The van der Waals surface area contributed by atoms with Gasteiger partial charge >= 0.3 is 17.9 Å². The fourth-order valence-electron chi connectivity index (χ4n) is 2.12. The normalized spacial score (nSPS) is 13.5. The number of ether oxygens (including phenoxy) is 3. The van der Waals surface area contributed by atoms with Gasteiger partial charge in [0.2, 0.25) is 0 Å². The van der Waals surface area contributed by atoms with Gasteiger partial charge in [-0.2, -0.15) is 5.26 Å². The van der Waals surface area contributed by atoms with E-state index in [0.717, 1.165) is 0 Å². The van der Waals surface area contributed by atoms with Crippen LogP contribution in [0.25, 0.3) is 0 Å². The van der Waals surface area contributed by atoms with E-state index < -0.39 is 35.2 Å². The van der Waals surface area contributed by atoms with Crippen molar-refractivity contribution in [1.29, 1.82) is 5.26 Å². The minimum atomic E-state index is -1.99. The Labute approximate surface area is 130 Å². The maximum absolute atomic E-state index is 12.3. The molecule has 0 N–H and O–H groups in total. The topological polar surface area (TPSA) is 103 Å². The molecule has 7 nitrogen and oxygen atoms in total. The van der Waals surface area contributed by atoms with Gasteiger partial charge in [0.05, 0.1) is 37.7 Å². The predicted octanol–water partition coefficient (Wildman–Crippen LogP) is 1.46. The molecule has 0 radical (unpaired) electrons. The minimum absolute atomic E-state index is 0.0212. The summed E-state index contributed by atoms with van der Waals surface area (Å²) in [7, 11) is 0. The van der Waals surface area contributed by atoms with E-state index in [0.29, 0.717) is 0 Å². The highest BCUT2D eigenvalue weighted by molar-refractivity contribution is 5.92. The van der Waals surface area contributed by atoms with E-state index in [1.807, 2.05) is 0 Å². The Bertz CT molecular complexity index is 429. The maximum Gasteiger partial charge on any atom is 0.328 e. The molecule has 0 unspecified atom stereocenters. The van der Waals surface area contributed by atoms with Crippen LogP contribution in [0.4, 0.5) is 0 Å². The molecule has 0 aliphatic heterocycles. The Hall–Kier alpha value is -2.10. The van der Waals surface area contributed by atoms with E-state index >= 15 is 0 Å². The SMILES string of the molecule is CCOC(=O)[C@@H](C)C(C#N)(C(=O)OCC)[C@H](C)C(=O)OCC. The Kier molecular flexibility index (Phi) is 8.17. The Balaban J connectivity index is 5.83. The number of nitrogens with zero attached hydrogens (tertiary/aromatic N) is 1. The van der Waals surface area contributed by atoms with Crippen LogP contribution in [0.1, 0.15) is 34.6 Å². The van der Waals surface area contributed by atoms with Crippen LogP contribution in [-0.4, -0.2) is 37.7 Å². The van der Waals surface area contributed by atoms with Crippen molar-refractivity contribution in [3.63, 3.8) is 0 Å². The summed E-state index contributed by atoms with van der Waals surface area (Å²) in [6.45, 7) is 7.75. The van der Waals surface area contributed by atoms with Crippen LogP contribution in [0.3, 0.4) is 0 Å². The molecule has 0 bridgehead atoms. The number of hydrogen-bond donors (Lipinski definition) is 0. The van der Waals surface area contributed by atoms with Crippen molar-refractivity contribution in [3.05, 3.63) is 0 Å². The van der Waals surface area contributed by atoms with Gasteiger partial charge in [0.25, 0.3) is 0 Å². The third-order valence-corrected chi connectivity index (χ3v) is 3.44. The van der Waals surface area contributed by atoms with Gasteiger partial charge in [-0.05, 0) is 34.6 Å². The number of nitriles is 1. The Morgan fingerprint density at radius 2 is 1.27 bits per heavy atom. The van der Waals surface area contributed by atoms with Gasteiger partial charge in [-0.15, -0.1) is 0 Å². The second-order valence-corrected chi connectivity index (χ2v) is 4.65. The minimum Gasteiger partial charge on any atom is -0.466 e. The number of hydrogen-bond acceptors (Lipinski definition) is 7. The van der Waals surface area contributed by atoms with Gasteiger partial charge in [-0.25, -0.2) is 0 Å². The number of carbonyl (C=O) groups excluding carboxylic acids is 3. The number of esters is 3. The third-order valence-electron chi connectivity index (χ3n) is 3.44. The van der Waals surface area contributed by atoms with Crippen LogP contribution in [0.5, 0.6) is 0 Å². The molecule has 0 saturated carbocycles. The van der Waals surface area contributed by atoms with Crippen molar-refractivity contribution < 1.29 is 28.6 Å². The van der Waals surface area contributed by atoms with Gasteiger partial charge in [-0.3, -0.25) is 14.4 Å². The van der Waals surface area contributed by atoms with Crippen molar-refractivity contribution in [2.24, 2.45) is 17.3 Å². The van der Waals surface area contributed by atoms with Gasteiger partial charge in [0.15, 0.2) is 5.41 Å². The second kappa shape index (κ2) is 9.03. The summed E-state index contributed by atoms with van der Waals surface area (Å²) in [5.41, 5.74) is -1.99. The summed E-state index contributed by atoms with van der Waals surface area (Å²) < 4.78 is 14.7. The first kappa shape index (κ1) is 19.9. The summed E-state index contributed by atoms with van der Waals surface area (Å²) in [6, 6.07) is 1.80. The van der Waals surface area contributed by atoms with Crippen LogP contribution in [0.2, 0.25) is 0 Å². The first-order valence-electron chi connectivity index (χ1n) is 7.25. The quantitative estimate of drug-likeness (QED) is 0.493. The molecule has 22 heavy (non-hydrogen) atoms. The zero-order valence-corrected chi connectivity index (χ0v) is 13.7. The summed E-state index contributed by atoms with van der Waals surface area (Å²) in [5.74, 6) is -4.76. The number of carbonyl (C=O) groups is 3. The average molecular weight is 313 g/mol. The average Bonchev–Trinajstić information content (AvgIpc) is 2.48. The van der Waals surface area contributed by atoms with Gasteiger partial charge < -0.3 is 14.2 Å². The van der Waals surface area contributed by atoms with E-state index in [9.17, 15) is 19.6 Å². The zero-order chi connectivity index (χ0) is 17.3. The smallest absolute Gasteiger partial charge is 0.328 e. The zero-order valence-electron chi connectivity index (χ0n) is 13.7. The maximum atomic E-state index is 12.3. The molecule has 0 fully saturated rings. The molecule has 0 saturated heterocycles. The van der Waals surface area contributed by atoms with E-state index in [-0.39, 0.29) is 19.8 Å². The van der Waals surface area contributed by atoms with Crippen LogP contribution < -0.4 is 0 Å². The van der Waals surface area contributed by atoms with E-state index in [1.165, 1.54) is 13.8 Å². The monoisotopic (exact) mass is 313 g/mol. The molecule has 2 atom stereocenters. The lowest BCUT2D eigenvalue weighted by Crippen LogP contribution is -2.49. The molecule has 0 amide bonds. The molecule has 0 rings (SSSR count). The largest absolute Gasteiger partial charge is 0.466 e.